The van der Waals surface area contributed by atoms with E-state index in [9.17, 15) is 9.59 Å². The van der Waals surface area contributed by atoms with Gasteiger partial charge in [0.2, 0.25) is 0 Å². The number of aryl methyl sites for hydroxylation is 1. The number of aromatic nitrogens is 5. The Balaban J connectivity index is 1.30. The van der Waals surface area contributed by atoms with Crippen LogP contribution >= 0.6 is 11.6 Å². The van der Waals surface area contributed by atoms with Crippen LogP contribution in [-0.2, 0) is 11.5 Å². The summed E-state index contributed by atoms with van der Waals surface area (Å²) >= 11 is 6.05. The summed E-state index contributed by atoms with van der Waals surface area (Å²) in [5.41, 5.74) is 3.85. The Bertz CT molecular complexity index is 1640. The molecule has 0 aliphatic carbocycles. The number of rotatable bonds is 8. The van der Waals surface area contributed by atoms with E-state index in [4.69, 9.17) is 21.1 Å². The Morgan fingerprint density at radius 1 is 1.11 bits per heavy atom. The van der Waals surface area contributed by atoms with Crippen molar-refractivity contribution in [3.63, 3.8) is 0 Å². The number of anilines is 1. The van der Waals surface area contributed by atoms with E-state index in [0.29, 0.717) is 27.8 Å². The van der Waals surface area contributed by atoms with E-state index in [1.54, 1.807) is 60.2 Å². The fourth-order valence-corrected chi connectivity index (χ4v) is 3.93. The number of nitrogens with zero attached hydrogens (tertiary/aromatic N) is 5. The first-order chi connectivity index (χ1) is 18.4. The summed E-state index contributed by atoms with van der Waals surface area (Å²) in [6.45, 7) is 4.03. The molecule has 2 aromatic carbocycles. The summed E-state index contributed by atoms with van der Waals surface area (Å²) < 4.78 is 13.9. The first-order valence-electron chi connectivity index (χ1n) is 11.8. The minimum atomic E-state index is -0.485. The van der Waals surface area contributed by atoms with Gasteiger partial charge in [0, 0.05) is 28.7 Å². The molecule has 0 fully saturated rings. The molecule has 1 amide bonds. The summed E-state index contributed by atoms with van der Waals surface area (Å²) in [5, 5.41) is 12.2. The zero-order valence-corrected chi connectivity index (χ0v) is 21.3. The van der Waals surface area contributed by atoms with Crippen LogP contribution in [0.25, 0.3) is 16.9 Å². The molecule has 10 nitrogen and oxygen atoms in total. The zero-order valence-electron chi connectivity index (χ0n) is 20.6. The van der Waals surface area contributed by atoms with Crippen LogP contribution in [0.3, 0.4) is 0 Å². The lowest BCUT2D eigenvalue weighted by Gasteiger charge is -2.09. The smallest absolute Gasteiger partial charge is 0.343 e. The predicted molar refractivity (Wildman–Crippen MR) is 141 cm³/mol. The third-order valence-corrected chi connectivity index (χ3v) is 6.10. The number of ether oxygens (including phenoxy) is 2. The van der Waals surface area contributed by atoms with Crippen molar-refractivity contribution in [2.75, 3.05) is 11.9 Å². The Morgan fingerprint density at radius 2 is 1.97 bits per heavy atom. The molecule has 0 radical (unpaired) electrons. The molecule has 0 unspecified atom stereocenters. The highest BCUT2D eigenvalue weighted by Gasteiger charge is 2.17. The van der Waals surface area contributed by atoms with Crippen molar-refractivity contribution in [3.8, 4) is 17.0 Å². The lowest BCUT2D eigenvalue weighted by molar-refractivity contribution is 0.0528. The van der Waals surface area contributed by atoms with Crippen molar-refractivity contribution < 1.29 is 19.1 Å². The van der Waals surface area contributed by atoms with Crippen molar-refractivity contribution >= 4 is 34.8 Å². The van der Waals surface area contributed by atoms with Gasteiger partial charge in [-0.15, -0.1) is 0 Å². The largest absolute Gasteiger partial charge is 0.471 e. The molecule has 1 N–H and O–H groups in total. The summed E-state index contributed by atoms with van der Waals surface area (Å²) in [5.74, 6) is -0.199. The number of benzene rings is 2. The van der Waals surface area contributed by atoms with E-state index in [1.807, 2.05) is 25.1 Å². The molecule has 192 valence electrons. The van der Waals surface area contributed by atoms with Crippen LogP contribution < -0.4 is 10.1 Å². The fourth-order valence-electron chi connectivity index (χ4n) is 3.82. The molecule has 0 spiro atoms. The van der Waals surface area contributed by atoms with E-state index in [0.717, 1.165) is 11.1 Å². The van der Waals surface area contributed by atoms with E-state index >= 15 is 0 Å². The number of amides is 1. The van der Waals surface area contributed by atoms with Gasteiger partial charge in [0.25, 0.3) is 5.91 Å². The van der Waals surface area contributed by atoms with Gasteiger partial charge in [0.1, 0.15) is 11.3 Å². The summed E-state index contributed by atoms with van der Waals surface area (Å²) in [6, 6.07) is 16.0. The second kappa shape index (κ2) is 10.7. The molecule has 5 aromatic rings. The van der Waals surface area contributed by atoms with Gasteiger partial charge in [-0.25, -0.2) is 19.0 Å². The van der Waals surface area contributed by atoms with E-state index in [1.165, 1.54) is 10.9 Å². The van der Waals surface area contributed by atoms with Gasteiger partial charge >= 0.3 is 5.97 Å². The molecule has 11 heteroatoms. The quantitative estimate of drug-likeness (QED) is 0.280. The number of halogens is 1. The van der Waals surface area contributed by atoms with Crippen molar-refractivity contribution in [1.29, 1.82) is 0 Å². The highest BCUT2D eigenvalue weighted by molar-refractivity contribution is 6.31. The maximum absolute atomic E-state index is 12.9. The van der Waals surface area contributed by atoms with Gasteiger partial charge in [-0.3, -0.25) is 4.79 Å². The molecule has 3 heterocycles. The average Bonchev–Trinajstić information content (AvgIpc) is 3.57. The number of nitrogens with one attached hydrogen (secondary N) is 1. The van der Waals surface area contributed by atoms with Gasteiger partial charge in [0.05, 0.1) is 18.5 Å². The summed E-state index contributed by atoms with van der Waals surface area (Å²) in [4.78, 5) is 29.4. The van der Waals surface area contributed by atoms with Gasteiger partial charge in [-0.2, -0.15) is 10.2 Å². The van der Waals surface area contributed by atoms with E-state index in [-0.39, 0.29) is 30.5 Å². The summed E-state index contributed by atoms with van der Waals surface area (Å²) in [7, 11) is 0. The molecular formula is C27H23ClN6O4. The second-order valence-electron chi connectivity index (χ2n) is 8.30. The zero-order chi connectivity index (χ0) is 26.6. The number of carbonyl (C=O) groups is 2. The Labute approximate surface area is 222 Å². The number of fused-ring (bicyclic) bond motifs is 1. The molecule has 0 atom stereocenters. The van der Waals surface area contributed by atoms with Gasteiger partial charge in [-0.1, -0.05) is 23.7 Å². The fraction of sp³-hybridized carbons (Fsp3) is 0.148. The SMILES string of the molecule is CCOC(=O)c1cnn2c(-c3cccc(NC(=O)c4ccn(COc5ccc(Cl)c(C)c5)n4)c3)ccnc12. The molecule has 0 saturated heterocycles. The van der Waals surface area contributed by atoms with Gasteiger partial charge < -0.3 is 14.8 Å². The lowest BCUT2D eigenvalue weighted by atomic mass is 10.1. The molecule has 0 bridgehead atoms. The van der Waals surface area contributed by atoms with Crippen molar-refractivity contribution in [3.05, 3.63) is 95.0 Å². The average molecular weight is 531 g/mol. The third-order valence-electron chi connectivity index (χ3n) is 5.68. The molecule has 3 aromatic heterocycles. The first kappa shape index (κ1) is 25.0. The van der Waals surface area contributed by atoms with E-state index < -0.39 is 5.97 Å². The molecular weight excluding hydrogens is 508 g/mol. The highest BCUT2D eigenvalue weighted by atomic mass is 35.5. The monoisotopic (exact) mass is 530 g/mol. The minimum Gasteiger partial charge on any atom is -0.471 e. The van der Waals surface area contributed by atoms with Gasteiger partial charge in [-0.05, 0) is 61.9 Å². The minimum absolute atomic E-state index is 0.138. The van der Waals surface area contributed by atoms with Crippen LogP contribution in [0.2, 0.25) is 5.02 Å². The number of hydrogen-bond donors (Lipinski definition) is 1. The number of esters is 1. The molecule has 38 heavy (non-hydrogen) atoms. The second-order valence-corrected chi connectivity index (χ2v) is 8.71. The van der Waals surface area contributed by atoms with E-state index in [2.05, 4.69) is 20.5 Å². The van der Waals surface area contributed by atoms with Crippen LogP contribution in [0, 0.1) is 6.92 Å². The Kier molecular flexibility index (Phi) is 7.05. The highest BCUT2D eigenvalue weighted by Crippen LogP contribution is 2.25. The third kappa shape index (κ3) is 5.21. The first-order valence-corrected chi connectivity index (χ1v) is 12.1. The normalized spacial score (nSPS) is 10.9. The predicted octanol–water partition coefficient (Wildman–Crippen LogP) is 5.02. The molecule has 0 aliphatic rings. The van der Waals surface area contributed by atoms with Crippen molar-refractivity contribution in [2.24, 2.45) is 0 Å². The van der Waals surface area contributed by atoms with Crippen molar-refractivity contribution in [1.82, 2.24) is 24.4 Å². The number of carbonyl (C=O) groups excluding carboxylic acids is 2. The van der Waals surface area contributed by atoms with Crippen LogP contribution in [-0.4, -0.2) is 42.9 Å². The maximum Gasteiger partial charge on any atom is 0.343 e. The molecule has 0 aliphatic heterocycles. The van der Waals surface area contributed by atoms with Crippen LogP contribution in [0.5, 0.6) is 5.75 Å². The number of hydrogen-bond acceptors (Lipinski definition) is 7. The lowest BCUT2D eigenvalue weighted by Crippen LogP contribution is -2.14. The van der Waals surface area contributed by atoms with Gasteiger partial charge in [0.15, 0.2) is 18.1 Å². The standard InChI is InChI=1S/C27H23ClN6O4/c1-3-37-27(36)21-15-30-34-24(9-11-29-25(21)34)18-5-4-6-19(14-18)31-26(35)23-10-12-33(32-23)16-38-20-7-8-22(28)17(2)13-20/h4-15H,3,16H2,1-2H3,(H,31,35). The van der Waals surface area contributed by atoms with Crippen LogP contribution in [0.4, 0.5) is 5.69 Å². The van der Waals surface area contributed by atoms with Crippen LogP contribution in [0.15, 0.2) is 73.2 Å². The van der Waals surface area contributed by atoms with Crippen molar-refractivity contribution in [2.45, 2.75) is 20.6 Å². The Morgan fingerprint density at radius 3 is 2.79 bits per heavy atom. The summed E-state index contributed by atoms with van der Waals surface area (Å²) in [6.07, 6.45) is 4.70. The maximum atomic E-state index is 12.9. The Hall–Kier alpha value is -4.70. The molecule has 5 rings (SSSR count). The molecule has 0 saturated carbocycles. The van der Waals surface area contributed by atoms with Crippen LogP contribution in [0.1, 0.15) is 33.3 Å². The topological polar surface area (TPSA) is 113 Å².